The normalized spacial score (nSPS) is 38.6. The molecule has 4 fully saturated rings. The van der Waals surface area contributed by atoms with Crippen molar-refractivity contribution in [1.82, 2.24) is 15.0 Å². The van der Waals surface area contributed by atoms with Gasteiger partial charge in [0.1, 0.15) is 0 Å². The Hall–Kier alpha value is -0.900. The first-order chi connectivity index (χ1) is 9.71. The van der Waals surface area contributed by atoms with Crippen molar-refractivity contribution < 1.29 is 0 Å². The fraction of sp³-hybridized carbons (Fsp3) is 0.875. The van der Waals surface area contributed by atoms with Gasteiger partial charge in [0.05, 0.1) is 11.4 Å². The highest BCUT2D eigenvalue weighted by Gasteiger charge is 2.51. The van der Waals surface area contributed by atoms with E-state index in [-0.39, 0.29) is 0 Å². The van der Waals surface area contributed by atoms with E-state index in [0.29, 0.717) is 12.0 Å². The number of aromatic nitrogens is 3. The molecule has 4 nitrogen and oxygen atoms in total. The van der Waals surface area contributed by atoms with E-state index in [1.807, 2.05) is 0 Å². The van der Waals surface area contributed by atoms with Gasteiger partial charge in [0.25, 0.3) is 0 Å². The minimum atomic E-state index is 0.529. The molecule has 20 heavy (non-hydrogen) atoms. The summed E-state index contributed by atoms with van der Waals surface area (Å²) >= 11 is 0. The Morgan fingerprint density at radius 1 is 1.15 bits per heavy atom. The molecule has 0 aromatic carbocycles. The summed E-state index contributed by atoms with van der Waals surface area (Å²) in [6.45, 7) is 3.59. The van der Waals surface area contributed by atoms with Crippen molar-refractivity contribution in [3.8, 4) is 0 Å². The molecule has 0 atom stereocenters. The van der Waals surface area contributed by atoms with Gasteiger partial charge in [0.2, 0.25) is 0 Å². The summed E-state index contributed by atoms with van der Waals surface area (Å²) in [5, 5.41) is 8.58. The molecule has 0 aliphatic heterocycles. The van der Waals surface area contributed by atoms with Crippen LogP contribution in [0.25, 0.3) is 0 Å². The monoisotopic (exact) mass is 274 g/mol. The third-order valence-corrected chi connectivity index (χ3v) is 6.12. The van der Waals surface area contributed by atoms with E-state index in [2.05, 4.69) is 21.9 Å². The van der Waals surface area contributed by atoms with Crippen LogP contribution < -0.4 is 5.73 Å². The first-order valence-electron chi connectivity index (χ1n) is 8.32. The molecule has 0 radical (unpaired) electrons. The number of nitrogens with zero attached hydrogens (tertiary/aromatic N) is 3. The maximum Gasteiger partial charge on any atom is 0.0994 e. The molecule has 4 heteroatoms. The molecule has 0 spiro atoms. The van der Waals surface area contributed by atoms with E-state index >= 15 is 0 Å². The van der Waals surface area contributed by atoms with Crippen LogP contribution in [0.2, 0.25) is 0 Å². The zero-order valence-electron chi connectivity index (χ0n) is 12.5. The first-order valence-corrected chi connectivity index (χ1v) is 8.32. The molecule has 4 aliphatic carbocycles. The third-order valence-electron chi connectivity index (χ3n) is 6.12. The summed E-state index contributed by atoms with van der Waals surface area (Å²) in [6, 6.07) is 0. The molecule has 4 aliphatic rings. The SMILES string of the molecule is CCn1nnc(CN)c1CC12CC3CC(CC(C3)C1)C2. The van der Waals surface area contributed by atoms with Crippen LogP contribution in [-0.2, 0) is 19.5 Å². The van der Waals surface area contributed by atoms with Crippen molar-refractivity contribution in [2.75, 3.05) is 0 Å². The van der Waals surface area contributed by atoms with E-state index in [0.717, 1.165) is 30.0 Å². The standard InChI is InChI=1S/C16H26N4/c1-2-20-15(14(10-17)18-19-20)9-16-6-11-3-12(7-16)5-13(4-11)8-16/h11-13H,2-10,17H2,1H3. The van der Waals surface area contributed by atoms with Gasteiger partial charge in [-0.15, -0.1) is 5.10 Å². The van der Waals surface area contributed by atoms with Crippen LogP contribution >= 0.6 is 0 Å². The molecule has 1 aromatic rings. The van der Waals surface area contributed by atoms with Crippen LogP contribution in [-0.4, -0.2) is 15.0 Å². The molecular weight excluding hydrogens is 248 g/mol. The molecular formula is C16H26N4. The smallest absolute Gasteiger partial charge is 0.0994 e. The second-order valence-electron chi connectivity index (χ2n) is 7.60. The Morgan fingerprint density at radius 3 is 2.25 bits per heavy atom. The minimum Gasteiger partial charge on any atom is -0.325 e. The summed E-state index contributed by atoms with van der Waals surface area (Å²) in [5.74, 6) is 3.02. The lowest BCUT2D eigenvalue weighted by molar-refractivity contribution is -0.0532. The second-order valence-corrected chi connectivity index (χ2v) is 7.60. The Kier molecular flexibility index (Phi) is 2.92. The molecule has 0 amide bonds. The Morgan fingerprint density at radius 2 is 1.75 bits per heavy atom. The number of hydrogen-bond donors (Lipinski definition) is 1. The Bertz CT molecular complexity index is 448. The van der Waals surface area contributed by atoms with Crippen molar-refractivity contribution in [3.05, 3.63) is 11.4 Å². The fourth-order valence-corrected chi connectivity index (χ4v) is 5.84. The average Bonchev–Trinajstić information content (AvgIpc) is 2.78. The average molecular weight is 274 g/mol. The van der Waals surface area contributed by atoms with Crippen molar-refractivity contribution in [3.63, 3.8) is 0 Å². The summed E-state index contributed by atoms with van der Waals surface area (Å²) in [5.41, 5.74) is 8.78. The second kappa shape index (κ2) is 4.55. The zero-order chi connectivity index (χ0) is 13.7. The van der Waals surface area contributed by atoms with Gasteiger partial charge in [0.15, 0.2) is 0 Å². The van der Waals surface area contributed by atoms with Gasteiger partial charge in [-0.3, -0.25) is 0 Å². The van der Waals surface area contributed by atoms with Gasteiger partial charge in [-0.05, 0) is 75.0 Å². The maximum atomic E-state index is 5.87. The van der Waals surface area contributed by atoms with Crippen LogP contribution in [0, 0.1) is 23.2 Å². The van der Waals surface area contributed by atoms with Crippen molar-refractivity contribution in [2.24, 2.45) is 28.9 Å². The van der Waals surface area contributed by atoms with Gasteiger partial charge in [0, 0.05) is 13.1 Å². The number of aryl methyl sites for hydroxylation is 1. The highest BCUT2D eigenvalue weighted by atomic mass is 15.4. The summed E-state index contributed by atoms with van der Waals surface area (Å²) in [4.78, 5) is 0. The Labute approximate surface area is 121 Å². The summed E-state index contributed by atoms with van der Waals surface area (Å²) < 4.78 is 2.08. The lowest BCUT2D eigenvalue weighted by atomic mass is 9.48. The molecule has 4 bridgehead atoms. The van der Waals surface area contributed by atoms with Crippen LogP contribution in [0.3, 0.4) is 0 Å². The van der Waals surface area contributed by atoms with E-state index in [1.54, 1.807) is 0 Å². The predicted molar refractivity (Wildman–Crippen MR) is 77.9 cm³/mol. The topological polar surface area (TPSA) is 56.7 Å². The largest absolute Gasteiger partial charge is 0.325 e. The number of rotatable bonds is 4. The molecule has 5 rings (SSSR count). The molecule has 4 saturated carbocycles. The highest BCUT2D eigenvalue weighted by Crippen LogP contribution is 2.61. The quantitative estimate of drug-likeness (QED) is 0.918. The number of hydrogen-bond acceptors (Lipinski definition) is 3. The summed E-state index contributed by atoms with van der Waals surface area (Å²) in [6.07, 6.45) is 10.0. The van der Waals surface area contributed by atoms with E-state index in [1.165, 1.54) is 50.6 Å². The van der Waals surface area contributed by atoms with Gasteiger partial charge >= 0.3 is 0 Å². The molecule has 110 valence electrons. The lowest BCUT2D eigenvalue weighted by Crippen LogP contribution is -2.47. The number of nitrogens with two attached hydrogens (primary N) is 1. The minimum absolute atomic E-state index is 0.529. The predicted octanol–water partition coefficient (Wildman–Crippen LogP) is 2.52. The van der Waals surface area contributed by atoms with Gasteiger partial charge in [-0.25, -0.2) is 4.68 Å². The molecule has 2 N–H and O–H groups in total. The van der Waals surface area contributed by atoms with Gasteiger partial charge in [-0.2, -0.15) is 0 Å². The first kappa shape index (κ1) is 12.8. The maximum absolute atomic E-state index is 5.87. The third kappa shape index (κ3) is 1.92. The molecule has 1 heterocycles. The van der Waals surface area contributed by atoms with Gasteiger partial charge < -0.3 is 5.73 Å². The van der Waals surface area contributed by atoms with E-state index < -0.39 is 0 Å². The van der Waals surface area contributed by atoms with Crippen LogP contribution in [0.4, 0.5) is 0 Å². The van der Waals surface area contributed by atoms with Crippen LogP contribution in [0.1, 0.15) is 56.8 Å². The van der Waals surface area contributed by atoms with E-state index in [4.69, 9.17) is 5.73 Å². The Balaban J connectivity index is 1.64. The van der Waals surface area contributed by atoms with E-state index in [9.17, 15) is 0 Å². The van der Waals surface area contributed by atoms with Crippen molar-refractivity contribution in [1.29, 1.82) is 0 Å². The molecule has 0 saturated heterocycles. The summed E-state index contributed by atoms with van der Waals surface area (Å²) in [7, 11) is 0. The van der Waals surface area contributed by atoms with Crippen molar-refractivity contribution >= 4 is 0 Å². The highest BCUT2D eigenvalue weighted by molar-refractivity contribution is 5.15. The van der Waals surface area contributed by atoms with Crippen LogP contribution in [0.5, 0.6) is 0 Å². The van der Waals surface area contributed by atoms with Gasteiger partial charge in [-0.1, -0.05) is 5.21 Å². The fourth-order valence-electron chi connectivity index (χ4n) is 5.84. The van der Waals surface area contributed by atoms with Crippen molar-refractivity contribution in [2.45, 2.75) is 65.0 Å². The lowest BCUT2D eigenvalue weighted by Gasteiger charge is -2.57. The van der Waals surface area contributed by atoms with Crippen LogP contribution in [0.15, 0.2) is 0 Å². The zero-order valence-corrected chi connectivity index (χ0v) is 12.5. The molecule has 0 unspecified atom stereocenters. The molecule has 1 aromatic heterocycles.